The van der Waals surface area contributed by atoms with E-state index >= 15 is 0 Å². The average molecular weight is 233 g/mol. The fraction of sp³-hybridized carbons (Fsp3) is 0.538. The first-order chi connectivity index (χ1) is 8.25. The van der Waals surface area contributed by atoms with Crippen LogP contribution in [0.25, 0.3) is 0 Å². The third-order valence-corrected chi connectivity index (χ3v) is 3.16. The number of aryl methyl sites for hydroxylation is 1. The van der Waals surface area contributed by atoms with Crippen molar-refractivity contribution in [3.8, 4) is 0 Å². The molecular weight excluding hydrogens is 214 g/mol. The van der Waals surface area contributed by atoms with Crippen LogP contribution in [0.3, 0.4) is 0 Å². The van der Waals surface area contributed by atoms with Gasteiger partial charge in [0.05, 0.1) is 0 Å². The molecule has 1 aliphatic heterocycles. The summed E-state index contributed by atoms with van der Waals surface area (Å²) in [6.45, 7) is 4.85. The van der Waals surface area contributed by atoms with Crippen LogP contribution in [0.4, 0.5) is 0 Å². The fourth-order valence-corrected chi connectivity index (χ4v) is 2.14. The van der Waals surface area contributed by atoms with Gasteiger partial charge in [-0.25, -0.2) is 0 Å². The molecule has 0 radical (unpaired) electrons. The van der Waals surface area contributed by atoms with Crippen molar-refractivity contribution < 1.29 is 4.79 Å². The molecule has 1 fully saturated rings. The van der Waals surface area contributed by atoms with Gasteiger partial charge >= 0.3 is 0 Å². The molecule has 2 N–H and O–H groups in total. The summed E-state index contributed by atoms with van der Waals surface area (Å²) in [7, 11) is 0. The summed E-state index contributed by atoms with van der Waals surface area (Å²) in [4.78, 5) is 15.9. The van der Waals surface area contributed by atoms with Crippen LogP contribution in [0.5, 0.6) is 0 Å². The van der Waals surface area contributed by atoms with Gasteiger partial charge in [-0.15, -0.1) is 0 Å². The molecule has 1 aromatic heterocycles. The monoisotopic (exact) mass is 233 g/mol. The Bertz CT molecular complexity index is 386. The topological polar surface area (TPSA) is 54.0 Å². The molecule has 4 heteroatoms. The third-order valence-electron chi connectivity index (χ3n) is 3.16. The van der Waals surface area contributed by atoms with Crippen LogP contribution in [-0.2, 0) is 0 Å². The molecular formula is C13H19N3O. The zero-order valence-electron chi connectivity index (χ0n) is 10.2. The van der Waals surface area contributed by atoms with Crippen LogP contribution >= 0.6 is 0 Å². The Morgan fingerprint density at radius 1 is 1.65 bits per heavy atom. The first kappa shape index (κ1) is 12.0. The van der Waals surface area contributed by atoms with E-state index in [-0.39, 0.29) is 5.91 Å². The molecule has 17 heavy (non-hydrogen) atoms. The Balaban J connectivity index is 1.77. The second-order valence-corrected chi connectivity index (χ2v) is 4.59. The minimum Gasteiger partial charge on any atom is -0.352 e. The molecule has 1 unspecified atom stereocenters. The number of rotatable bonds is 4. The van der Waals surface area contributed by atoms with Crippen LogP contribution in [-0.4, -0.2) is 30.5 Å². The maximum Gasteiger partial charge on any atom is 0.251 e. The largest absolute Gasteiger partial charge is 0.352 e. The Morgan fingerprint density at radius 3 is 3.24 bits per heavy atom. The molecule has 1 aliphatic rings. The van der Waals surface area contributed by atoms with Gasteiger partial charge in [0.2, 0.25) is 0 Å². The Morgan fingerprint density at radius 2 is 2.53 bits per heavy atom. The van der Waals surface area contributed by atoms with Crippen LogP contribution in [0.15, 0.2) is 18.3 Å². The molecule has 2 heterocycles. The maximum absolute atomic E-state index is 11.8. The zero-order chi connectivity index (χ0) is 12.1. The van der Waals surface area contributed by atoms with E-state index in [0.717, 1.165) is 37.7 Å². The van der Waals surface area contributed by atoms with E-state index in [1.807, 2.05) is 13.0 Å². The molecule has 0 bridgehead atoms. The summed E-state index contributed by atoms with van der Waals surface area (Å²) in [5.74, 6) is 0.718. The number of hydrogen-bond acceptors (Lipinski definition) is 3. The highest BCUT2D eigenvalue weighted by Crippen LogP contribution is 2.11. The first-order valence-corrected chi connectivity index (χ1v) is 6.17. The lowest BCUT2D eigenvalue weighted by Gasteiger charge is -2.09. The van der Waals surface area contributed by atoms with Crippen molar-refractivity contribution in [2.24, 2.45) is 5.92 Å². The molecule has 1 atom stereocenters. The van der Waals surface area contributed by atoms with E-state index < -0.39 is 0 Å². The summed E-state index contributed by atoms with van der Waals surface area (Å²) < 4.78 is 0. The van der Waals surface area contributed by atoms with Gasteiger partial charge in [0.25, 0.3) is 5.91 Å². The lowest BCUT2D eigenvalue weighted by Crippen LogP contribution is -2.26. The van der Waals surface area contributed by atoms with Gasteiger partial charge in [0, 0.05) is 24.0 Å². The molecule has 2 rings (SSSR count). The number of nitrogens with zero attached hydrogens (tertiary/aromatic N) is 1. The smallest absolute Gasteiger partial charge is 0.251 e. The molecule has 0 aliphatic carbocycles. The minimum atomic E-state index is 0.00135. The van der Waals surface area contributed by atoms with E-state index in [4.69, 9.17) is 0 Å². The molecule has 92 valence electrons. The highest BCUT2D eigenvalue weighted by atomic mass is 16.1. The van der Waals surface area contributed by atoms with Gasteiger partial charge < -0.3 is 10.6 Å². The normalized spacial score (nSPS) is 19.2. The van der Waals surface area contributed by atoms with E-state index in [2.05, 4.69) is 15.6 Å². The Labute approximate surface area is 102 Å². The van der Waals surface area contributed by atoms with Crippen LogP contribution < -0.4 is 10.6 Å². The van der Waals surface area contributed by atoms with Crippen LogP contribution in [0.1, 0.15) is 28.9 Å². The molecule has 0 saturated carbocycles. The molecule has 0 aromatic carbocycles. The minimum absolute atomic E-state index is 0.00135. The molecule has 1 amide bonds. The van der Waals surface area contributed by atoms with E-state index in [9.17, 15) is 4.79 Å². The second-order valence-electron chi connectivity index (χ2n) is 4.59. The molecule has 1 aromatic rings. The van der Waals surface area contributed by atoms with E-state index in [1.165, 1.54) is 6.42 Å². The van der Waals surface area contributed by atoms with Crippen molar-refractivity contribution in [3.05, 3.63) is 29.6 Å². The van der Waals surface area contributed by atoms with Crippen LogP contribution in [0.2, 0.25) is 0 Å². The van der Waals surface area contributed by atoms with Gasteiger partial charge in [0.15, 0.2) is 0 Å². The highest BCUT2D eigenvalue weighted by Gasteiger charge is 2.14. The van der Waals surface area contributed by atoms with Gasteiger partial charge in [-0.3, -0.25) is 9.78 Å². The van der Waals surface area contributed by atoms with Crippen LogP contribution in [0, 0.1) is 12.8 Å². The molecule has 4 nitrogen and oxygen atoms in total. The number of nitrogens with one attached hydrogen (secondary N) is 2. The lowest BCUT2D eigenvalue weighted by atomic mass is 10.1. The molecule has 0 spiro atoms. The van der Waals surface area contributed by atoms with Gasteiger partial charge in [-0.1, -0.05) is 0 Å². The predicted molar refractivity (Wildman–Crippen MR) is 66.9 cm³/mol. The van der Waals surface area contributed by atoms with Crippen molar-refractivity contribution in [1.29, 1.82) is 0 Å². The van der Waals surface area contributed by atoms with Gasteiger partial charge in [0.1, 0.15) is 0 Å². The number of aromatic nitrogens is 1. The number of hydrogen-bond donors (Lipinski definition) is 2. The number of pyridine rings is 1. The number of carbonyl (C=O) groups is 1. The van der Waals surface area contributed by atoms with E-state index in [0.29, 0.717) is 5.56 Å². The van der Waals surface area contributed by atoms with Crippen molar-refractivity contribution in [3.63, 3.8) is 0 Å². The predicted octanol–water partition coefficient (Wildman–Crippen LogP) is 1.12. The SMILES string of the molecule is Cc1cc(C(=O)NCCC2CCNC2)ccn1. The highest BCUT2D eigenvalue weighted by molar-refractivity contribution is 5.94. The standard InChI is InChI=1S/C13H19N3O/c1-10-8-12(4-7-15-10)13(17)16-6-3-11-2-5-14-9-11/h4,7-8,11,14H,2-3,5-6,9H2,1H3,(H,16,17). The summed E-state index contributed by atoms with van der Waals surface area (Å²) in [6.07, 6.45) is 3.96. The third kappa shape index (κ3) is 3.53. The number of carbonyl (C=O) groups excluding carboxylic acids is 1. The second kappa shape index (κ2) is 5.77. The van der Waals surface area contributed by atoms with Gasteiger partial charge in [-0.05, 0) is 50.9 Å². The Kier molecular flexibility index (Phi) is 4.09. The first-order valence-electron chi connectivity index (χ1n) is 6.17. The zero-order valence-corrected chi connectivity index (χ0v) is 10.2. The summed E-state index contributed by atoms with van der Waals surface area (Å²) >= 11 is 0. The maximum atomic E-state index is 11.8. The fourth-order valence-electron chi connectivity index (χ4n) is 2.14. The van der Waals surface area contributed by atoms with Crippen molar-refractivity contribution >= 4 is 5.91 Å². The average Bonchev–Trinajstić information content (AvgIpc) is 2.82. The quantitative estimate of drug-likeness (QED) is 0.819. The summed E-state index contributed by atoms with van der Waals surface area (Å²) in [6, 6.07) is 3.56. The number of amides is 1. The Hall–Kier alpha value is -1.42. The summed E-state index contributed by atoms with van der Waals surface area (Å²) in [5.41, 5.74) is 1.57. The lowest BCUT2D eigenvalue weighted by molar-refractivity contribution is 0.0951. The van der Waals surface area contributed by atoms with Gasteiger partial charge in [-0.2, -0.15) is 0 Å². The van der Waals surface area contributed by atoms with E-state index in [1.54, 1.807) is 12.3 Å². The summed E-state index contributed by atoms with van der Waals surface area (Å²) in [5, 5.41) is 6.29. The van der Waals surface area contributed by atoms with Crippen molar-refractivity contribution in [1.82, 2.24) is 15.6 Å². The molecule has 1 saturated heterocycles. The van der Waals surface area contributed by atoms with Crippen molar-refractivity contribution in [2.45, 2.75) is 19.8 Å². The van der Waals surface area contributed by atoms with Crippen molar-refractivity contribution in [2.75, 3.05) is 19.6 Å².